The molecule has 156 valence electrons. The second-order valence-electron chi connectivity index (χ2n) is 6.09. The highest BCUT2D eigenvalue weighted by molar-refractivity contribution is 6.01. The van der Waals surface area contributed by atoms with Crippen molar-refractivity contribution in [3.8, 4) is 5.75 Å². The summed E-state index contributed by atoms with van der Waals surface area (Å²) in [6.45, 7) is 2.65. The number of anilines is 1. The minimum atomic E-state index is -4.76. The minimum absolute atomic E-state index is 0.234. The van der Waals surface area contributed by atoms with E-state index in [9.17, 15) is 27.2 Å². The molecule has 1 fully saturated rings. The average Bonchev–Trinajstić information content (AvgIpc) is 2.85. The zero-order valence-electron chi connectivity index (χ0n) is 15.7. The fourth-order valence-electron chi connectivity index (χ4n) is 2.86. The number of carbonyl (C=O) groups is 2. The smallest absolute Gasteiger partial charge is 0.425 e. The van der Waals surface area contributed by atoms with Crippen molar-refractivity contribution in [1.29, 1.82) is 0 Å². The molecular weight excluding hydrogens is 386 g/mol. The number of hydrogen-bond donors (Lipinski definition) is 2. The number of nitrogens with one attached hydrogen (secondary N) is 1. The molecule has 1 aliphatic heterocycles. The van der Waals surface area contributed by atoms with Crippen molar-refractivity contribution >= 4 is 17.6 Å². The van der Waals surface area contributed by atoms with E-state index < -0.39 is 47.6 Å². The first-order valence-corrected chi connectivity index (χ1v) is 8.31. The van der Waals surface area contributed by atoms with Gasteiger partial charge in [-0.3, -0.25) is 15.0 Å². The highest BCUT2D eigenvalue weighted by atomic mass is 19.4. The lowest BCUT2D eigenvalue weighted by Crippen LogP contribution is -2.49. The normalized spacial score (nSPS) is 19.3. The first-order valence-electron chi connectivity index (χ1n) is 8.31. The second-order valence-corrected chi connectivity index (χ2v) is 6.09. The molecule has 0 saturated carbocycles. The molecule has 1 unspecified atom stereocenters. The highest BCUT2D eigenvalue weighted by Crippen LogP contribution is 2.39. The van der Waals surface area contributed by atoms with E-state index in [2.05, 4.69) is 5.32 Å². The predicted octanol–water partition coefficient (Wildman–Crippen LogP) is 1.87. The van der Waals surface area contributed by atoms with Crippen molar-refractivity contribution in [2.75, 3.05) is 25.6 Å². The lowest BCUT2D eigenvalue weighted by molar-refractivity contribution is -0.189. The number of hydrogen-bond acceptors (Lipinski definition) is 5. The number of carbonyl (C=O) groups excluding carboxylic acids is 2. The second kappa shape index (κ2) is 7.80. The summed E-state index contributed by atoms with van der Waals surface area (Å²) in [5.74, 6) is -2.79. The van der Waals surface area contributed by atoms with Crippen LogP contribution < -0.4 is 20.8 Å². The van der Waals surface area contributed by atoms with Gasteiger partial charge in [-0.15, -0.1) is 0 Å². The molecule has 3 N–H and O–H groups in total. The Morgan fingerprint density at radius 2 is 2.00 bits per heavy atom. The molecule has 3 amide bonds. The summed E-state index contributed by atoms with van der Waals surface area (Å²) < 4.78 is 58.2. The Kier molecular flexibility index (Phi) is 6.04. The van der Waals surface area contributed by atoms with Gasteiger partial charge in [0.1, 0.15) is 11.5 Å². The summed E-state index contributed by atoms with van der Waals surface area (Å²) in [5.41, 5.74) is 4.25. The number of benzene rings is 1. The van der Waals surface area contributed by atoms with Gasteiger partial charge in [0.2, 0.25) is 0 Å². The quantitative estimate of drug-likeness (QED) is 0.703. The Morgan fingerprint density at radius 3 is 2.46 bits per heavy atom. The number of hydrazine groups is 1. The van der Waals surface area contributed by atoms with E-state index in [0.29, 0.717) is 6.07 Å². The molecule has 0 radical (unpaired) electrons. The topological polar surface area (TPSA) is 91.1 Å². The molecule has 1 aliphatic rings. The molecule has 0 bridgehead atoms. The van der Waals surface area contributed by atoms with Crippen LogP contribution in [0.3, 0.4) is 0 Å². The minimum Gasteiger partial charge on any atom is -0.478 e. The van der Waals surface area contributed by atoms with Crippen molar-refractivity contribution in [2.24, 2.45) is 5.73 Å². The van der Waals surface area contributed by atoms with Crippen LogP contribution in [0.1, 0.15) is 24.2 Å². The van der Waals surface area contributed by atoms with Crippen LogP contribution in [0.15, 0.2) is 12.1 Å². The van der Waals surface area contributed by atoms with Gasteiger partial charge in [0.15, 0.2) is 18.1 Å². The van der Waals surface area contributed by atoms with Gasteiger partial charge >= 0.3 is 12.2 Å². The van der Waals surface area contributed by atoms with Gasteiger partial charge in [-0.1, -0.05) is 6.92 Å². The Morgan fingerprint density at radius 1 is 1.39 bits per heavy atom. The molecule has 0 aliphatic carbocycles. The first kappa shape index (κ1) is 21.7. The zero-order valence-corrected chi connectivity index (χ0v) is 15.7. The number of halogens is 4. The van der Waals surface area contributed by atoms with Crippen LogP contribution in [0, 0.1) is 5.82 Å². The SMILES string of the molecule is CCN1C(NC)N(C)C(=O)N1c1cc(F)cc(C(N)=O)c1O[C@@H](C)C(F)(F)F. The lowest BCUT2D eigenvalue weighted by atomic mass is 10.1. The van der Waals surface area contributed by atoms with Crippen LogP contribution in [0.2, 0.25) is 0 Å². The third-order valence-corrected chi connectivity index (χ3v) is 4.25. The molecule has 0 spiro atoms. The third-order valence-electron chi connectivity index (χ3n) is 4.25. The maximum atomic E-state index is 14.2. The van der Waals surface area contributed by atoms with Crippen LogP contribution in [-0.4, -0.2) is 61.1 Å². The number of ether oxygens (including phenoxy) is 1. The van der Waals surface area contributed by atoms with E-state index in [1.165, 1.54) is 17.0 Å². The maximum absolute atomic E-state index is 14.2. The Labute approximate surface area is 158 Å². The summed E-state index contributed by atoms with van der Waals surface area (Å²) in [4.78, 5) is 25.7. The molecule has 12 heteroatoms. The van der Waals surface area contributed by atoms with Crippen molar-refractivity contribution < 1.29 is 31.9 Å². The molecule has 1 aromatic carbocycles. The molecule has 8 nitrogen and oxygen atoms in total. The fourth-order valence-corrected chi connectivity index (χ4v) is 2.86. The van der Waals surface area contributed by atoms with Crippen molar-refractivity contribution in [1.82, 2.24) is 15.2 Å². The third kappa shape index (κ3) is 3.83. The van der Waals surface area contributed by atoms with Crippen LogP contribution in [-0.2, 0) is 0 Å². The van der Waals surface area contributed by atoms with E-state index >= 15 is 0 Å². The molecule has 0 aromatic heterocycles. The molecule has 1 saturated heterocycles. The maximum Gasteiger partial charge on any atom is 0.425 e. The van der Waals surface area contributed by atoms with Gasteiger partial charge in [0.05, 0.1) is 5.56 Å². The number of nitrogens with zero attached hydrogens (tertiary/aromatic N) is 3. The summed E-state index contributed by atoms with van der Waals surface area (Å²) in [7, 11) is 3.03. The van der Waals surface area contributed by atoms with E-state index in [1.807, 2.05) is 0 Å². The van der Waals surface area contributed by atoms with Gasteiger partial charge in [0, 0.05) is 19.7 Å². The first-order chi connectivity index (χ1) is 12.9. The molecule has 28 heavy (non-hydrogen) atoms. The lowest BCUT2D eigenvalue weighted by Gasteiger charge is -2.31. The number of urea groups is 1. The molecule has 1 heterocycles. The van der Waals surface area contributed by atoms with Crippen LogP contribution in [0.4, 0.5) is 28.0 Å². The van der Waals surface area contributed by atoms with Gasteiger partial charge in [-0.2, -0.15) is 18.2 Å². The summed E-state index contributed by atoms with van der Waals surface area (Å²) >= 11 is 0. The number of rotatable bonds is 6. The average molecular weight is 407 g/mol. The van der Waals surface area contributed by atoms with E-state index in [1.54, 1.807) is 14.0 Å². The number of primary amides is 1. The molecular formula is C16H21F4N5O3. The molecule has 2 atom stereocenters. The highest BCUT2D eigenvalue weighted by Gasteiger charge is 2.45. The van der Waals surface area contributed by atoms with E-state index in [4.69, 9.17) is 10.5 Å². The monoisotopic (exact) mass is 407 g/mol. The number of alkyl halides is 3. The Bertz CT molecular complexity index is 773. The van der Waals surface area contributed by atoms with Gasteiger partial charge < -0.3 is 10.5 Å². The predicted molar refractivity (Wildman–Crippen MR) is 91.9 cm³/mol. The van der Waals surface area contributed by atoms with Gasteiger partial charge in [0.25, 0.3) is 5.91 Å². The fraction of sp³-hybridized carbons (Fsp3) is 0.500. The van der Waals surface area contributed by atoms with Crippen molar-refractivity contribution in [2.45, 2.75) is 32.4 Å². The Balaban J connectivity index is 2.68. The summed E-state index contributed by atoms with van der Waals surface area (Å²) in [5, 5.41) is 5.26. The van der Waals surface area contributed by atoms with E-state index in [-0.39, 0.29) is 12.2 Å². The standard InChI is InChI=1S/C16H21F4N5O3/c1-5-24-14(22-3)23(4)15(27)25(24)11-7-9(17)6-10(13(21)26)12(11)28-8(2)16(18,19)20/h6-8,14,22H,5H2,1-4H3,(H2,21,26)/t8-,14?/m0/s1. The van der Waals surface area contributed by atoms with Crippen molar-refractivity contribution in [3.05, 3.63) is 23.5 Å². The largest absolute Gasteiger partial charge is 0.478 e. The van der Waals surface area contributed by atoms with Crippen LogP contribution >= 0.6 is 0 Å². The van der Waals surface area contributed by atoms with E-state index in [0.717, 1.165) is 18.0 Å². The van der Waals surface area contributed by atoms with Gasteiger partial charge in [-0.05, 0) is 20.0 Å². The molecule has 2 rings (SSSR count). The zero-order chi connectivity index (χ0) is 21.4. The van der Waals surface area contributed by atoms with Crippen LogP contribution in [0.5, 0.6) is 5.75 Å². The molecule has 1 aromatic rings. The summed E-state index contributed by atoms with van der Waals surface area (Å²) in [6, 6.07) is 0.823. The van der Waals surface area contributed by atoms with Gasteiger partial charge in [-0.25, -0.2) is 14.2 Å². The van der Waals surface area contributed by atoms with Crippen LogP contribution in [0.25, 0.3) is 0 Å². The number of nitrogens with two attached hydrogens (primary N) is 1. The Hall–Kier alpha value is -2.60. The summed E-state index contributed by atoms with van der Waals surface area (Å²) in [6.07, 6.45) is -7.74. The van der Waals surface area contributed by atoms with Crippen molar-refractivity contribution in [3.63, 3.8) is 0 Å². The number of amides is 3.